The first-order chi connectivity index (χ1) is 17.3. The molecule has 2 heterocycles. The Morgan fingerprint density at radius 2 is 1.78 bits per heavy atom. The minimum atomic E-state index is -0.271. The third-order valence-corrected chi connectivity index (χ3v) is 8.43. The van der Waals surface area contributed by atoms with Gasteiger partial charge in [-0.2, -0.15) is 0 Å². The largest absolute Gasteiger partial charge is 0.362 e. The molecule has 194 valence electrons. The molecular formula is C27H38N6O2S. The summed E-state index contributed by atoms with van der Waals surface area (Å²) in [5.74, 6) is -0.261. The molecule has 1 atom stereocenters. The van der Waals surface area contributed by atoms with E-state index in [0.717, 1.165) is 24.5 Å². The lowest BCUT2D eigenvalue weighted by Gasteiger charge is -2.37. The van der Waals surface area contributed by atoms with Gasteiger partial charge in [-0.15, -0.1) is 0 Å². The Labute approximate surface area is 218 Å². The van der Waals surface area contributed by atoms with Crippen LogP contribution in [0.1, 0.15) is 48.9 Å². The van der Waals surface area contributed by atoms with Crippen LogP contribution < -0.4 is 15.5 Å². The molecule has 1 aliphatic heterocycles. The van der Waals surface area contributed by atoms with Gasteiger partial charge in [-0.1, -0.05) is 17.9 Å². The lowest BCUT2D eigenvalue weighted by molar-refractivity contribution is -0.111. The number of carbonyl (C=O) groups excluding carboxylic acids is 2. The standard InChI is InChI=1S/C27H38N6O2S/c1-5-24(34)29-20-10-8-19(9-11-20)26(35)33-16-6-7-21(18-33)30-27-28-17-25(36-27)32(4)23-14-12-22(13-15-23)31(2)3/h5,8-11,17,21-23H,1,6-7,12-16,18H2,2-4H3,(H,28,30)(H,29,34). The Morgan fingerprint density at radius 1 is 1.08 bits per heavy atom. The van der Waals surface area contributed by atoms with Crippen LogP contribution in [0.4, 0.5) is 15.8 Å². The highest BCUT2D eigenvalue weighted by Gasteiger charge is 2.27. The number of thiazole rings is 1. The first-order valence-corrected chi connectivity index (χ1v) is 13.6. The molecule has 2 amide bonds. The second-order valence-corrected chi connectivity index (χ2v) is 11.1. The van der Waals surface area contributed by atoms with Gasteiger partial charge in [-0.3, -0.25) is 9.59 Å². The molecule has 4 rings (SSSR count). The predicted octanol–water partition coefficient (Wildman–Crippen LogP) is 4.29. The Bertz CT molecular complexity index is 1040. The summed E-state index contributed by atoms with van der Waals surface area (Å²) in [6.07, 6.45) is 10.1. The van der Waals surface area contributed by atoms with Gasteiger partial charge < -0.3 is 25.3 Å². The quantitative estimate of drug-likeness (QED) is 0.516. The fourth-order valence-corrected chi connectivity index (χ4v) is 6.09. The van der Waals surface area contributed by atoms with Crippen molar-refractivity contribution in [2.75, 3.05) is 49.8 Å². The molecule has 1 aliphatic carbocycles. The van der Waals surface area contributed by atoms with Crippen molar-refractivity contribution in [3.05, 3.63) is 48.7 Å². The van der Waals surface area contributed by atoms with Crippen LogP contribution in [-0.4, -0.2) is 79.0 Å². The van der Waals surface area contributed by atoms with Gasteiger partial charge in [0, 0.05) is 49.5 Å². The van der Waals surface area contributed by atoms with E-state index in [1.165, 1.54) is 36.8 Å². The zero-order valence-electron chi connectivity index (χ0n) is 21.6. The number of hydrogen-bond acceptors (Lipinski definition) is 7. The molecule has 1 aromatic heterocycles. The van der Waals surface area contributed by atoms with Crippen molar-refractivity contribution in [1.82, 2.24) is 14.8 Å². The van der Waals surface area contributed by atoms with Crippen LogP contribution >= 0.6 is 11.3 Å². The summed E-state index contributed by atoms with van der Waals surface area (Å²) >= 11 is 1.70. The topological polar surface area (TPSA) is 80.8 Å². The highest BCUT2D eigenvalue weighted by atomic mass is 32.1. The number of nitrogens with zero attached hydrogens (tertiary/aromatic N) is 4. The normalized spacial score (nSPS) is 22.2. The summed E-state index contributed by atoms with van der Waals surface area (Å²) in [7, 11) is 6.54. The van der Waals surface area contributed by atoms with E-state index in [1.807, 2.05) is 11.1 Å². The van der Waals surface area contributed by atoms with E-state index in [1.54, 1.807) is 35.6 Å². The fourth-order valence-electron chi connectivity index (χ4n) is 5.16. The van der Waals surface area contributed by atoms with E-state index in [4.69, 9.17) is 0 Å². The molecule has 1 saturated carbocycles. The van der Waals surface area contributed by atoms with Crippen molar-refractivity contribution >= 4 is 39.0 Å². The molecule has 0 radical (unpaired) electrons. The van der Waals surface area contributed by atoms with E-state index in [0.29, 0.717) is 29.9 Å². The SMILES string of the molecule is C=CC(=O)Nc1ccc(C(=O)N2CCCC(Nc3ncc(N(C)C4CCC(N(C)C)CC4)s3)C2)cc1. The third kappa shape index (κ3) is 6.44. The van der Waals surface area contributed by atoms with Crippen LogP contribution in [0.25, 0.3) is 0 Å². The van der Waals surface area contributed by atoms with Crippen LogP contribution in [0.2, 0.25) is 0 Å². The van der Waals surface area contributed by atoms with Crippen LogP contribution in [0.5, 0.6) is 0 Å². The minimum Gasteiger partial charge on any atom is -0.362 e. The molecule has 1 saturated heterocycles. The number of aromatic nitrogens is 1. The molecule has 9 heteroatoms. The van der Waals surface area contributed by atoms with Gasteiger partial charge in [0.25, 0.3) is 5.91 Å². The summed E-state index contributed by atoms with van der Waals surface area (Å²) in [5.41, 5.74) is 1.26. The summed E-state index contributed by atoms with van der Waals surface area (Å²) < 4.78 is 0. The van der Waals surface area contributed by atoms with E-state index in [2.05, 4.69) is 53.1 Å². The number of likely N-dealkylation sites (tertiary alicyclic amines) is 1. The fraction of sp³-hybridized carbons (Fsp3) is 0.519. The number of piperidine rings is 1. The molecule has 2 N–H and O–H groups in total. The number of hydrogen-bond donors (Lipinski definition) is 2. The smallest absolute Gasteiger partial charge is 0.253 e. The van der Waals surface area contributed by atoms with Crippen LogP contribution in [0.3, 0.4) is 0 Å². The van der Waals surface area contributed by atoms with Gasteiger partial charge in [0.05, 0.1) is 6.20 Å². The van der Waals surface area contributed by atoms with Crippen LogP contribution in [0, 0.1) is 0 Å². The monoisotopic (exact) mass is 510 g/mol. The second-order valence-electron chi connectivity index (χ2n) is 10.0. The van der Waals surface area contributed by atoms with E-state index in [9.17, 15) is 9.59 Å². The lowest BCUT2D eigenvalue weighted by atomic mass is 9.90. The maximum absolute atomic E-state index is 13.1. The van der Waals surface area contributed by atoms with Gasteiger partial charge >= 0.3 is 0 Å². The van der Waals surface area contributed by atoms with Gasteiger partial charge in [0.2, 0.25) is 5.91 Å². The zero-order chi connectivity index (χ0) is 25.7. The highest BCUT2D eigenvalue weighted by molar-refractivity contribution is 7.19. The number of nitrogens with one attached hydrogen (secondary N) is 2. The number of carbonyl (C=O) groups is 2. The van der Waals surface area contributed by atoms with Crippen molar-refractivity contribution < 1.29 is 9.59 Å². The molecule has 0 bridgehead atoms. The van der Waals surface area contributed by atoms with Crippen molar-refractivity contribution in [1.29, 1.82) is 0 Å². The average Bonchev–Trinajstić information content (AvgIpc) is 3.36. The van der Waals surface area contributed by atoms with E-state index >= 15 is 0 Å². The van der Waals surface area contributed by atoms with Gasteiger partial charge in [0.15, 0.2) is 5.13 Å². The first kappa shape index (κ1) is 26.2. The molecule has 1 aromatic carbocycles. The summed E-state index contributed by atoms with van der Waals surface area (Å²) in [4.78, 5) is 35.9. The Kier molecular flexibility index (Phi) is 8.64. The number of anilines is 3. The minimum absolute atomic E-state index is 0.0102. The molecular weight excluding hydrogens is 472 g/mol. The van der Waals surface area contributed by atoms with Gasteiger partial charge in [-0.25, -0.2) is 4.98 Å². The summed E-state index contributed by atoms with van der Waals surface area (Å²) in [5, 5.41) is 8.39. The predicted molar refractivity (Wildman–Crippen MR) is 148 cm³/mol. The maximum atomic E-state index is 13.1. The maximum Gasteiger partial charge on any atom is 0.253 e. The molecule has 0 spiro atoms. The number of amides is 2. The zero-order valence-corrected chi connectivity index (χ0v) is 22.4. The summed E-state index contributed by atoms with van der Waals surface area (Å²) in [6, 6.07) is 8.44. The van der Waals surface area contributed by atoms with Gasteiger partial charge in [-0.05, 0) is 83.0 Å². The summed E-state index contributed by atoms with van der Waals surface area (Å²) in [6.45, 7) is 4.84. The molecule has 2 aliphatic rings. The Balaban J connectivity index is 1.30. The molecule has 1 unspecified atom stereocenters. The third-order valence-electron chi connectivity index (χ3n) is 7.41. The molecule has 2 aromatic rings. The van der Waals surface area contributed by atoms with Crippen molar-refractivity contribution in [2.45, 2.75) is 56.7 Å². The van der Waals surface area contributed by atoms with Crippen LogP contribution in [0.15, 0.2) is 43.1 Å². The van der Waals surface area contributed by atoms with E-state index in [-0.39, 0.29) is 17.9 Å². The number of rotatable bonds is 8. The van der Waals surface area contributed by atoms with Crippen molar-refractivity contribution in [3.8, 4) is 0 Å². The number of benzene rings is 1. The van der Waals surface area contributed by atoms with Crippen LogP contribution in [-0.2, 0) is 4.79 Å². The molecule has 2 fully saturated rings. The lowest BCUT2D eigenvalue weighted by Crippen LogP contribution is -2.45. The highest BCUT2D eigenvalue weighted by Crippen LogP contribution is 2.33. The molecule has 36 heavy (non-hydrogen) atoms. The average molecular weight is 511 g/mol. The Hall–Kier alpha value is -2.91. The van der Waals surface area contributed by atoms with Crippen molar-refractivity contribution in [3.63, 3.8) is 0 Å². The van der Waals surface area contributed by atoms with Gasteiger partial charge in [0.1, 0.15) is 5.00 Å². The van der Waals surface area contributed by atoms with E-state index < -0.39 is 0 Å². The van der Waals surface area contributed by atoms with Crippen molar-refractivity contribution in [2.24, 2.45) is 0 Å². The molecule has 8 nitrogen and oxygen atoms in total. The second kappa shape index (κ2) is 11.9. The Morgan fingerprint density at radius 3 is 2.44 bits per heavy atom. The first-order valence-electron chi connectivity index (χ1n) is 12.8.